The summed E-state index contributed by atoms with van der Waals surface area (Å²) in [6, 6.07) is 60.1. The topological polar surface area (TPSA) is 4.93 Å². The number of nitrogens with zero attached hydrogens (tertiary/aromatic N) is 1. The van der Waals surface area contributed by atoms with E-state index in [2.05, 4.69) is 168 Å². The summed E-state index contributed by atoms with van der Waals surface area (Å²) in [7, 11) is 0. The van der Waals surface area contributed by atoms with Gasteiger partial charge in [0.1, 0.15) is 0 Å². The van der Waals surface area contributed by atoms with Crippen molar-refractivity contribution in [2.45, 2.75) is 9.79 Å². The van der Waals surface area contributed by atoms with E-state index in [4.69, 9.17) is 0 Å². The molecule has 0 spiro atoms. The summed E-state index contributed by atoms with van der Waals surface area (Å²) in [5, 5.41) is 7.76. The molecule has 0 unspecified atom stereocenters. The van der Waals surface area contributed by atoms with Crippen LogP contribution >= 0.6 is 11.8 Å². The highest BCUT2D eigenvalue weighted by Crippen LogP contribution is 2.50. The number of para-hydroxylation sites is 1. The third-order valence-electron chi connectivity index (χ3n) is 9.60. The Morgan fingerprint density at radius 2 is 1.07 bits per heavy atom. The molecule has 0 saturated heterocycles. The summed E-state index contributed by atoms with van der Waals surface area (Å²) in [5.74, 6) is 0. The zero-order valence-corrected chi connectivity index (χ0v) is 25.8. The maximum Gasteiger partial charge on any atom is 0.0619 e. The zero-order chi connectivity index (χ0) is 30.2. The molecule has 0 aliphatic carbocycles. The molecule has 0 radical (unpaired) electrons. The number of rotatable bonds is 3. The van der Waals surface area contributed by atoms with E-state index in [0.717, 1.165) is 0 Å². The van der Waals surface area contributed by atoms with Crippen molar-refractivity contribution < 1.29 is 0 Å². The fourth-order valence-electron chi connectivity index (χ4n) is 7.58. The minimum Gasteiger partial charge on any atom is -0.309 e. The van der Waals surface area contributed by atoms with Gasteiger partial charge in [-0.3, -0.25) is 0 Å². The first-order valence-corrected chi connectivity index (χ1v) is 16.6. The van der Waals surface area contributed by atoms with Crippen LogP contribution in [-0.4, -0.2) is 4.57 Å². The molecule has 10 rings (SSSR count). The molecule has 2 heteroatoms. The highest BCUT2D eigenvalue weighted by molar-refractivity contribution is 7.99. The van der Waals surface area contributed by atoms with Crippen LogP contribution in [0.5, 0.6) is 0 Å². The van der Waals surface area contributed by atoms with E-state index in [-0.39, 0.29) is 0 Å². The lowest BCUT2D eigenvalue weighted by Gasteiger charge is -2.21. The molecule has 0 atom stereocenters. The first-order chi connectivity index (χ1) is 22.8. The van der Waals surface area contributed by atoms with Crippen LogP contribution in [0.25, 0.3) is 82.4 Å². The monoisotopic (exact) mass is 601 g/mol. The van der Waals surface area contributed by atoms with Gasteiger partial charge in [-0.1, -0.05) is 145 Å². The van der Waals surface area contributed by atoms with Crippen molar-refractivity contribution in [1.82, 2.24) is 4.57 Å². The van der Waals surface area contributed by atoms with Crippen molar-refractivity contribution in [3.63, 3.8) is 0 Å². The summed E-state index contributed by atoms with van der Waals surface area (Å²) < 4.78 is 2.44. The SMILES string of the molecule is c1ccc(-n2c3cccc(-c4ccc(-c5ccc6c7c(cccc57)-c5ccccc5S6)cc4)c3c3ccc4ccccc4c32)cc1. The van der Waals surface area contributed by atoms with Crippen LogP contribution < -0.4 is 0 Å². The van der Waals surface area contributed by atoms with E-state index < -0.39 is 0 Å². The molecule has 1 aliphatic heterocycles. The van der Waals surface area contributed by atoms with Gasteiger partial charge in [-0.15, -0.1) is 0 Å². The molecule has 0 N–H and O–H groups in total. The van der Waals surface area contributed by atoms with Gasteiger partial charge in [0, 0.05) is 37.0 Å². The van der Waals surface area contributed by atoms with Gasteiger partial charge in [0.15, 0.2) is 0 Å². The maximum atomic E-state index is 2.44. The highest BCUT2D eigenvalue weighted by atomic mass is 32.2. The molecule has 0 amide bonds. The minimum atomic E-state index is 1.18. The molecule has 214 valence electrons. The Balaban J connectivity index is 1.16. The summed E-state index contributed by atoms with van der Waals surface area (Å²) in [4.78, 5) is 2.66. The molecule has 1 aliphatic rings. The molecular formula is C44H27NS. The summed E-state index contributed by atoms with van der Waals surface area (Å²) in [6.45, 7) is 0. The number of hydrogen-bond donors (Lipinski definition) is 0. The van der Waals surface area contributed by atoms with Gasteiger partial charge >= 0.3 is 0 Å². The van der Waals surface area contributed by atoms with Crippen molar-refractivity contribution in [3.8, 4) is 39.1 Å². The number of aromatic nitrogens is 1. The number of benzene rings is 8. The predicted octanol–water partition coefficient (Wildman–Crippen LogP) is 12.6. The smallest absolute Gasteiger partial charge is 0.0619 e. The first kappa shape index (κ1) is 25.7. The largest absolute Gasteiger partial charge is 0.309 e. The predicted molar refractivity (Wildman–Crippen MR) is 196 cm³/mol. The van der Waals surface area contributed by atoms with Crippen molar-refractivity contribution in [2.75, 3.05) is 0 Å². The van der Waals surface area contributed by atoms with Crippen LogP contribution in [0.3, 0.4) is 0 Å². The van der Waals surface area contributed by atoms with Gasteiger partial charge < -0.3 is 4.57 Å². The van der Waals surface area contributed by atoms with E-state index in [1.165, 1.54) is 92.2 Å². The lowest BCUT2D eigenvalue weighted by molar-refractivity contribution is 1.19. The van der Waals surface area contributed by atoms with E-state index in [1.807, 2.05) is 11.8 Å². The van der Waals surface area contributed by atoms with Crippen molar-refractivity contribution >= 4 is 55.1 Å². The molecule has 46 heavy (non-hydrogen) atoms. The van der Waals surface area contributed by atoms with Crippen LogP contribution in [0.15, 0.2) is 174 Å². The average Bonchev–Trinajstić information content (AvgIpc) is 3.48. The van der Waals surface area contributed by atoms with E-state index in [9.17, 15) is 0 Å². The Labute approximate surface area is 271 Å². The second kappa shape index (κ2) is 9.97. The van der Waals surface area contributed by atoms with Gasteiger partial charge in [-0.05, 0) is 74.5 Å². The number of hydrogen-bond acceptors (Lipinski definition) is 1. The van der Waals surface area contributed by atoms with E-state index >= 15 is 0 Å². The highest BCUT2D eigenvalue weighted by Gasteiger charge is 2.21. The second-order valence-corrected chi connectivity index (χ2v) is 13.2. The van der Waals surface area contributed by atoms with Gasteiger partial charge in [-0.25, -0.2) is 0 Å². The maximum absolute atomic E-state index is 2.44. The number of fused-ring (bicyclic) bond motifs is 7. The molecule has 0 saturated carbocycles. The Morgan fingerprint density at radius 3 is 1.96 bits per heavy atom. The molecule has 8 aromatic carbocycles. The van der Waals surface area contributed by atoms with Crippen molar-refractivity contribution in [3.05, 3.63) is 164 Å². The third-order valence-corrected chi connectivity index (χ3v) is 10.7. The molecule has 0 fully saturated rings. The Kier molecular flexibility index (Phi) is 5.58. The van der Waals surface area contributed by atoms with Crippen molar-refractivity contribution in [1.29, 1.82) is 0 Å². The average molecular weight is 602 g/mol. The fraction of sp³-hybridized carbons (Fsp3) is 0. The summed E-state index contributed by atoms with van der Waals surface area (Å²) in [6.07, 6.45) is 0. The molecule has 1 nitrogen and oxygen atoms in total. The lowest BCUT2D eigenvalue weighted by Crippen LogP contribution is -1.94. The first-order valence-electron chi connectivity index (χ1n) is 15.8. The molecule has 1 aromatic heterocycles. The van der Waals surface area contributed by atoms with Crippen LogP contribution in [0.1, 0.15) is 0 Å². The van der Waals surface area contributed by atoms with Crippen LogP contribution in [0.4, 0.5) is 0 Å². The fourth-order valence-corrected chi connectivity index (χ4v) is 8.70. The molecule has 0 bridgehead atoms. The van der Waals surface area contributed by atoms with Gasteiger partial charge in [0.05, 0.1) is 11.0 Å². The summed E-state index contributed by atoms with van der Waals surface area (Å²) in [5.41, 5.74) is 11.3. The molecule has 9 aromatic rings. The van der Waals surface area contributed by atoms with Gasteiger partial charge in [0.2, 0.25) is 0 Å². The van der Waals surface area contributed by atoms with Gasteiger partial charge in [-0.2, -0.15) is 0 Å². The summed E-state index contributed by atoms with van der Waals surface area (Å²) >= 11 is 1.88. The Hall–Kier alpha value is -5.57. The van der Waals surface area contributed by atoms with E-state index in [0.29, 0.717) is 0 Å². The Morgan fingerprint density at radius 1 is 0.370 bits per heavy atom. The third kappa shape index (κ3) is 3.71. The molecule has 2 heterocycles. The second-order valence-electron chi connectivity index (χ2n) is 12.1. The van der Waals surface area contributed by atoms with E-state index in [1.54, 1.807) is 0 Å². The minimum absolute atomic E-state index is 1.18. The zero-order valence-electron chi connectivity index (χ0n) is 24.9. The lowest BCUT2D eigenvalue weighted by atomic mass is 9.91. The normalized spacial score (nSPS) is 12.3. The molecular weight excluding hydrogens is 575 g/mol. The van der Waals surface area contributed by atoms with Gasteiger partial charge in [0.25, 0.3) is 0 Å². The van der Waals surface area contributed by atoms with Crippen LogP contribution in [0, 0.1) is 0 Å². The van der Waals surface area contributed by atoms with Crippen molar-refractivity contribution in [2.24, 2.45) is 0 Å². The standard InChI is InChI=1S/C44H27NS/c1-2-11-31(12-3-1)45-39-18-9-15-33(42(39)38-25-24-28-10-4-5-13-34(28)44(38)45)30-22-20-29(21-23-30)32-26-27-41-43-36(32)16-8-17-37(43)35-14-6-7-19-40(35)46-41/h1-27H. The quantitative estimate of drug-likeness (QED) is 0.195. The van der Waals surface area contributed by atoms with Crippen LogP contribution in [0.2, 0.25) is 0 Å². The Bertz CT molecular complexity index is 2650. The van der Waals surface area contributed by atoms with Crippen LogP contribution in [-0.2, 0) is 0 Å².